The van der Waals surface area contributed by atoms with Crippen molar-refractivity contribution >= 4 is 43.2 Å². The van der Waals surface area contributed by atoms with Gasteiger partial charge in [0.1, 0.15) is 0 Å². The van der Waals surface area contributed by atoms with E-state index < -0.39 is 10.0 Å². The molecule has 94 valence electrons. The second-order valence-electron chi connectivity index (χ2n) is 4.05. The van der Waals surface area contributed by atoms with Crippen molar-refractivity contribution in [3.8, 4) is 0 Å². The summed E-state index contributed by atoms with van der Waals surface area (Å²) in [5.74, 6) is 0. The average Bonchev–Trinajstić information content (AvgIpc) is 2.77. The highest BCUT2D eigenvalue weighted by atomic mass is 79.9. The van der Waals surface area contributed by atoms with Gasteiger partial charge >= 0.3 is 0 Å². The van der Waals surface area contributed by atoms with Gasteiger partial charge < -0.3 is 0 Å². The van der Waals surface area contributed by atoms with Gasteiger partial charge in [-0.3, -0.25) is 4.72 Å². The van der Waals surface area contributed by atoms with E-state index in [0.29, 0.717) is 23.0 Å². The normalized spacial score (nSPS) is 17.3. The number of hydrogen-bond donors (Lipinski definition) is 1. The maximum Gasteiger partial charge on any atom is 0.235 e. The van der Waals surface area contributed by atoms with Gasteiger partial charge in [0, 0.05) is 10.7 Å². The standard InChI is InChI=1S/C10H12BrClN2O2S/c11-7-5-9(10(12)13-6-7)14-17(15,16)8-3-1-2-4-8/h5-6,8,14H,1-4H2. The third-order valence-corrected chi connectivity index (χ3v) is 5.39. The highest BCUT2D eigenvalue weighted by molar-refractivity contribution is 9.10. The Kier molecular flexibility index (Phi) is 3.95. The fourth-order valence-corrected chi connectivity index (χ4v) is 4.05. The monoisotopic (exact) mass is 338 g/mol. The predicted octanol–water partition coefficient (Wildman–Crippen LogP) is 3.18. The summed E-state index contributed by atoms with van der Waals surface area (Å²) < 4.78 is 27.3. The third kappa shape index (κ3) is 3.11. The molecule has 1 fully saturated rings. The Morgan fingerprint density at radius 3 is 2.71 bits per heavy atom. The van der Waals surface area contributed by atoms with Crippen LogP contribution in [0.25, 0.3) is 0 Å². The van der Waals surface area contributed by atoms with Gasteiger partial charge in [0.05, 0.1) is 10.9 Å². The Hall–Kier alpha value is -0.330. The minimum atomic E-state index is -3.35. The lowest BCUT2D eigenvalue weighted by Crippen LogP contribution is -2.25. The molecule has 2 rings (SSSR count). The van der Waals surface area contributed by atoms with Gasteiger partial charge in [-0.2, -0.15) is 0 Å². The molecule has 0 bridgehead atoms. The molecule has 0 unspecified atom stereocenters. The summed E-state index contributed by atoms with van der Waals surface area (Å²) in [4.78, 5) is 3.88. The number of anilines is 1. The summed E-state index contributed by atoms with van der Waals surface area (Å²) in [5, 5.41) is -0.146. The molecule has 1 aromatic heterocycles. The highest BCUT2D eigenvalue weighted by Gasteiger charge is 2.29. The summed E-state index contributed by atoms with van der Waals surface area (Å²) in [6.45, 7) is 0. The Morgan fingerprint density at radius 2 is 2.06 bits per heavy atom. The van der Waals surface area contributed by atoms with Crippen LogP contribution in [0.4, 0.5) is 5.69 Å². The van der Waals surface area contributed by atoms with Crippen molar-refractivity contribution in [2.24, 2.45) is 0 Å². The van der Waals surface area contributed by atoms with Crippen LogP contribution in [0.2, 0.25) is 5.15 Å². The summed E-state index contributed by atoms with van der Waals surface area (Å²) >= 11 is 9.08. The van der Waals surface area contributed by atoms with Crippen molar-refractivity contribution in [1.82, 2.24) is 4.98 Å². The number of nitrogens with zero attached hydrogens (tertiary/aromatic N) is 1. The quantitative estimate of drug-likeness (QED) is 0.860. The summed E-state index contributed by atoms with van der Waals surface area (Å²) in [6.07, 6.45) is 4.89. The first-order chi connectivity index (χ1) is 7.99. The zero-order valence-electron chi connectivity index (χ0n) is 8.99. The van der Waals surface area contributed by atoms with E-state index in [2.05, 4.69) is 25.6 Å². The van der Waals surface area contributed by atoms with Crippen LogP contribution in [-0.2, 0) is 10.0 Å². The van der Waals surface area contributed by atoms with E-state index in [9.17, 15) is 8.42 Å². The minimum Gasteiger partial charge on any atom is -0.280 e. The number of nitrogens with one attached hydrogen (secondary N) is 1. The molecule has 1 N–H and O–H groups in total. The van der Waals surface area contributed by atoms with Crippen LogP contribution in [0.1, 0.15) is 25.7 Å². The highest BCUT2D eigenvalue weighted by Crippen LogP contribution is 2.29. The molecule has 1 heterocycles. The molecule has 4 nitrogen and oxygen atoms in total. The van der Waals surface area contributed by atoms with E-state index in [1.807, 2.05) is 0 Å². The fraction of sp³-hybridized carbons (Fsp3) is 0.500. The van der Waals surface area contributed by atoms with Crippen LogP contribution in [0.3, 0.4) is 0 Å². The maximum atomic E-state index is 12.1. The van der Waals surface area contributed by atoms with Crippen molar-refractivity contribution in [2.75, 3.05) is 4.72 Å². The lowest BCUT2D eigenvalue weighted by Gasteiger charge is -2.14. The first kappa shape index (κ1) is 13.1. The minimum absolute atomic E-state index is 0.162. The first-order valence-electron chi connectivity index (χ1n) is 5.32. The molecule has 0 amide bonds. The molecule has 1 aliphatic rings. The van der Waals surface area contributed by atoms with Crippen LogP contribution < -0.4 is 4.72 Å². The Bertz CT molecular complexity index is 515. The van der Waals surface area contributed by atoms with E-state index in [-0.39, 0.29) is 10.4 Å². The molecule has 1 saturated carbocycles. The molecule has 0 radical (unpaired) electrons. The molecule has 0 aromatic carbocycles. The van der Waals surface area contributed by atoms with E-state index in [4.69, 9.17) is 11.6 Å². The van der Waals surface area contributed by atoms with Gasteiger partial charge in [0.15, 0.2) is 5.15 Å². The summed E-state index contributed by atoms with van der Waals surface area (Å²) in [6, 6.07) is 1.61. The zero-order valence-corrected chi connectivity index (χ0v) is 12.1. The van der Waals surface area contributed by atoms with Crippen molar-refractivity contribution < 1.29 is 8.42 Å². The van der Waals surface area contributed by atoms with Crippen LogP contribution in [0.15, 0.2) is 16.7 Å². The number of halogens is 2. The molecular weight excluding hydrogens is 328 g/mol. The van der Waals surface area contributed by atoms with Gasteiger partial charge in [0.2, 0.25) is 10.0 Å². The van der Waals surface area contributed by atoms with Crippen LogP contribution in [0, 0.1) is 0 Å². The molecule has 0 saturated heterocycles. The van der Waals surface area contributed by atoms with E-state index in [0.717, 1.165) is 12.8 Å². The van der Waals surface area contributed by atoms with Gasteiger partial charge in [-0.1, -0.05) is 24.4 Å². The van der Waals surface area contributed by atoms with Crippen molar-refractivity contribution in [3.63, 3.8) is 0 Å². The SMILES string of the molecule is O=S(=O)(Nc1cc(Br)cnc1Cl)C1CCCC1. The Balaban J connectivity index is 2.22. The Labute approximate surface area is 114 Å². The van der Waals surface area contributed by atoms with E-state index in [1.165, 1.54) is 6.20 Å². The van der Waals surface area contributed by atoms with Crippen LogP contribution >= 0.6 is 27.5 Å². The smallest absolute Gasteiger partial charge is 0.235 e. The average molecular weight is 340 g/mol. The van der Waals surface area contributed by atoms with Gasteiger partial charge in [-0.05, 0) is 34.8 Å². The fourth-order valence-electron chi connectivity index (χ4n) is 1.93. The number of aromatic nitrogens is 1. The predicted molar refractivity (Wildman–Crippen MR) is 71.7 cm³/mol. The molecule has 0 aliphatic heterocycles. The number of rotatable bonds is 3. The molecular formula is C10H12BrClN2O2S. The Morgan fingerprint density at radius 1 is 1.41 bits per heavy atom. The zero-order chi connectivity index (χ0) is 12.5. The molecule has 0 spiro atoms. The van der Waals surface area contributed by atoms with E-state index >= 15 is 0 Å². The second-order valence-corrected chi connectivity index (χ2v) is 7.28. The van der Waals surface area contributed by atoms with Crippen molar-refractivity contribution in [1.29, 1.82) is 0 Å². The second kappa shape index (κ2) is 5.12. The molecule has 0 atom stereocenters. The molecule has 1 aliphatic carbocycles. The van der Waals surface area contributed by atoms with Crippen molar-refractivity contribution in [2.45, 2.75) is 30.9 Å². The van der Waals surface area contributed by atoms with Gasteiger partial charge in [0.25, 0.3) is 0 Å². The topological polar surface area (TPSA) is 59.1 Å². The number of pyridine rings is 1. The van der Waals surface area contributed by atoms with Crippen LogP contribution in [-0.4, -0.2) is 18.7 Å². The molecule has 17 heavy (non-hydrogen) atoms. The number of hydrogen-bond acceptors (Lipinski definition) is 3. The van der Waals surface area contributed by atoms with E-state index in [1.54, 1.807) is 6.07 Å². The largest absolute Gasteiger partial charge is 0.280 e. The summed E-state index contributed by atoms with van der Waals surface area (Å²) in [5.41, 5.74) is 0.327. The third-order valence-electron chi connectivity index (χ3n) is 2.80. The lowest BCUT2D eigenvalue weighted by atomic mass is 10.4. The van der Waals surface area contributed by atoms with Crippen molar-refractivity contribution in [3.05, 3.63) is 21.9 Å². The van der Waals surface area contributed by atoms with Gasteiger partial charge in [-0.25, -0.2) is 13.4 Å². The summed E-state index contributed by atoms with van der Waals surface area (Å²) in [7, 11) is -3.35. The van der Waals surface area contributed by atoms with Crippen LogP contribution in [0.5, 0.6) is 0 Å². The van der Waals surface area contributed by atoms with Gasteiger partial charge in [-0.15, -0.1) is 0 Å². The number of sulfonamides is 1. The lowest BCUT2D eigenvalue weighted by molar-refractivity contribution is 0.585. The molecule has 7 heteroatoms. The maximum absolute atomic E-state index is 12.1. The first-order valence-corrected chi connectivity index (χ1v) is 8.03. The molecule has 1 aromatic rings.